The van der Waals surface area contributed by atoms with Gasteiger partial charge in [0.25, 0.3) is 0 Å². The lowest BCUT2D eigenvalue weighted by molar-refractivity contribution is -0.135. The lowest BCUT2D eigenvalue weighted by Crippen LogP contribution is -2.36. The molecule has 0 saturated heterocycles. The molecule has 114 valence electrons. The van der Waals surface area contributed by atoms with Gasteiger partial charge in [-0.3, -0.25) is 9.78 Å². The SMILES string of the molecule is CN(Cc1ccncc1)C(=O)[C@@H]1CCC[C@@H]1CN.Cl.Cl. The summed E-state index contributed by atoms with van der Waals surface area (Å²) in [5.74, 6) is 0.735. The molecular formula is C14H23Cl2N3O. The number of hydrogen-bond acceptors (Lipinski definition) is 3. The van der Waals surface area contributed by atoms with E-state index in [0.29, 0.717) is 19.0 Å². The van der Waals surface area contributed by atoms with Crippen molar-refractivity contribution in [3.8, 4) is 0 Å². The first-order valence-electron chi connectivity index (χ1n) is 6.56. The van der Waals surface area contributed by atoms with E-state index in [1.165, 1.54) is 0 Å². The third-order valence-electron chi connectivity index (χ3n) is 3.82. The Kier molecular flexibility index (Phi) is 8.78. The molecule has 2 N–H and O–H groups in total. The quantitative estimate of drug-likeness (QED) is 0.926. The van der Waals surface area contributed by atoms with Crippen LogP contribution in [-0.2, 0) is 11.3 Å². The molecule has 1 amide bonds. The Balaban J connectivity index is 0.00000180. The molecule has 0 bridgehead atoms. The number of aromatic nitrogens is 1. The van der Waals surface area contributed by atoms with Gasteiger partial charge in [-0.2, -0.15) is 0 Å². The highest BCUT2D eigenvalue weighted by molar-refractivity contribution is 5.85. The summed E-state index contributed by atoms with van der Waals surface area (Å²) in [6.07, 6.45) is 6.72. The van der Waals surface area contributed by atoms with E-state index in [2.05, 4.69) is 4.98 Å². The molecule has 1 fully saturated rings. The van der Waals surface area contributed by atoms with Crippen LogP contribution >= 0.6 is 24.8 Å². The summed E-state index contributed by atoms with van der Waals surface area (Å²) in [5, 5.41) is 0. The lowest BCUT2D eigenvalue weighted by Gasteiger charge is -2.24. The molecule has 1 aromatic heterocycles. The van der Waals surface area contributed by atoms with E-state index in [1.54, 1.807) is 12.4 Å². The maximum Gasteiger partial charge on any atom is 0.226 e. The first-order valence-corrected chi connectivity index (χ1v) is 6.56. The number of hydrogen-bond donors (Lipinski definition) is 1. The molecule has 2 atom stereocenters. The minimum atomic E-state index is 0. The molecule has 1 aliphatic carbocycles. The Bertz CT molecular complexity index is 403. The van der Waals surface area contributed by atoms with Crippen LogP contribution in [0.2, 0.25) is 0 Å². The summed E-state index contributed by atoms with van der Waals surface area (Å²) < 4.78 is 0. The Morgan fingerprint density at radius 3 is 2.60 bits per heavy atom. The van der Waals surface area contributed by atoms with Crippen LogP contribution in [0.4, 0.5) is 0 Å². The Morgan fingerprint density at radius 2 is 2.00 bits per heavy atom. The van der Waals surface area contributed by atoms with Crippen molar-refractivity contribution in [3.05, 3.63) is 30.1 Å². The summed E-state index contributed by atoms with van der Waals surface area (Å²) in [5.41, 5.74) is 6.85. The van der Waals surface area contributed by atoms with Crippen molar-refractivity contribution in [1.29, 1.82) is 0 Å². The van der Waals surface area contributed by atoms with E-state index >= 15 is 0 Å². The van der Waals surface area contributed by atoms with Crippen molar-refractivity contribution in [2.75, 3.05) is 13.6 Å². The van der Waals surface area contributed by atoms with Gasteiger partial charge < -0.3 is 10.6 Å². The predicted octanol–water partition coefficient (Wildman–Crippen LogP) is 2.26. The van der Waals surface area contributed by atoms with Crippen LogP contribution in [0.1, 0.15) is 24.8 Å². The fraction of sp³-hybridized carbons (Fsp3) is 0.571. The number of halogens is 2. The lowest BCUT2D eigenvalue weighted by atomic mass is 9.95. The van der Waals surface area contributed by atoms with Gasteiger partial charge in [0, 0.05) is 31.9 Å². The van der Waals surface area contributed by atoms with E-state index in [0.717, 1.165) is 24.8 Å². The first kappa shape index (κ1) is 19.2. The van der Waals surface area contributed by atoms with Crippen molar-refractivity contribution >= 4 is 30.7 Å². The number of amides is 1. The van der Waals surface area contributed by atoms with Crippen molar-refractivity contribution in [3.63, 3.8) is 0 Å². The number of carbonyl (C=O) groups excluding carboxylic acids is 1. The normalized spacial score (nSPS) is 20.7. The van der Waals surface area contributed by atoms with Gasteiger partial charge in [0.05, 0.1) is 0 Å². The maximum atomic E-state index is 12.4. The van der Waals surface area contributed by atoms with Crippen LogP contribution < -0.4 is 5.73 Å². The Morgan fingerprint density at radius 1 is 1.35 bits per heavy atom. The minimum Gasteiger partial charge on any atom is -0.341 e. The summed E-state index contributed by atoms with van der Waals surface area (Å²) >= 11 is 0. The van der Waals surface area contributed by atoms with Gasteiger partial charge in [-0.1, -0.05) is 6.42 Å². The molecule has 20 heavy (non-hydrogen) atoms. The van der Waals surface area contributed by atoms with E-state index in [9.17, 15) is 4.79 Å². The van der Waals surface area contributed by atoms with E-state index in [1.807, 2.05) is 24.1 Å². The summed E-state index contributed by atoms with van der Waals surface area (Å²) in [6, 6.07) is 3.89. The van der Waals surface area contributed by atoms with Gasteiger partial charge in [0.15, 0.2) is 0 Å². The molecule has 1 heterocycles. The third-order valence-corrected chi connectivity index (χ3v) is 3.82. The Labute approximate surface area is 132 Å². The van der Waals surface area contributed by atoms with Crippen LogP contribution in [0.3, 0.4) is 0 Å². The van der Waals surface area contributed by atoms with Gasteiger partial charge in [-0.25, -0.2) is 0 Å². The molecule has 0 aromatic carbocycles. The van der Waals surface area contributed by atoms with Gasteiger partial charge >= 0.3 is 0 Å². The molecule has 6 heteroatoms. The molecular weight excluding hydrogens is 297 g/mol. The van der Waals surface area contributed by atoms with Gasteiger partial charge in [0.2, 0.25) is 5.91 Å². The van der Waals surface area contributed by atoms with Gasteiger partial charge in [0.1, 0.15) is 0 Å². The average molecular weight is 320 g/mol. The third kappa shape index (κ3) is 4.62. The summed E-state index contributed by atoms with van der Waals surface area (Å²) in [4.78, 5) is 18.2. The zero-order chi connectivity index (χ0) is 13.0. The number of nitrogens with two attached hydrogens (primary N) is 1. The van der Waals surface area contributed by atoms with Crippen LogP contribution in [-0.4, -0.2) is 29.4 Å². The molecule has 1 aliphatic rings. The molecule has 1 saturated carbocycles. The van der Waals surface area contributed by atoms with E-state index in [-0.39, 0.29) is 36.6 Å². The monoisotopic (exact) mass is 319 g/mol. The highest BCUT2D eigenvalue weighted by Crippen LogP contribution is 2.32. The van der Waals surface area contributed by atoms with E-state index in [4.69, 9.17) is 5.73 Å². The fourth-order valence-corrected chi connectivity index (χ4v) is 2.77. The van der Waals surface area contributed by atoms with Crippen LogP contribution in [0.25, 0.3) is 0 Å². The second kappa shape index (κ2) is 9.16. The molecule has 0 spiro atoms. The van der Waals surface area contributed by atoms with Crippen molar-refractivity contribution in [1.82, 2.24) is 9.88 Å². The highest BCUT2D eigenvalue weighted by atomic mass is 35.5. The standard InChI is InChI=1S/C14H21N3O.2ClH/c1-17(10-11-5-7-16-8-6-11)14(18)13-4-2-3-12(13)9-15;;/h5-8,12-13H,2-4,9-10,15H2,1H3;2*1H/t12-,13-;;/m1../s1. The summed E-state index contributed by atoms with van der Waals surface area (Å²) in [6.45, 7) is 1.27. The van der Waals surface area contributed by atoms with Gasteiger partial charge in [-0.05, 0) is 43.0 Å². The van der Waals surface area contributed by atoms with Crippen LogP contribution in [0.5, 0.6) is 0 Å². The zero-order valence-corrected chi connectivity index (χ0v) is 13.3. The Hall–Kier alpha value is -0.840. The molecule has 4 nitrogen and oxygen atoms in total. The van der Waals surface area contributed by atoms with Crippen LogP contribution in [0, 0.1) is 11.8 Å². The second-order valence-corrected chi connectivity index (χ2v) is 5.08. The zero-order valence-electron chi connectivity index (χ0n) is 11.7. The van der Waals surface area contributed by atoms with Gasteiger partial charge in [-0.15, -0.1) is 24.8 Å². The highest BCUT2D eigenvalue weighted by Gasteiger charge is 2.33. The molecule has 0 radical (unpaired) electrons. The first-order chi connectivity index (χ1) is 8.72. The smallest absolute Gasteiger partial charge is 0.226 e. The molecule has 1 aromatic rings. The maximum absolute atomic E-state index is 12.4. The summed E-state index contributed by atoms with van der Waals surface area (Å²) in [7, 11) is 1.87. The van der Waals surface area contributed by atoms with Crippen molar-refractivity contribution in [2.24, 2.45) is 17.6 Å². The number of rotatable bonds is 4. The molecule has 2 rings (SSSR count). The number of pyridine rings is 1. The second-order valence-electron chi connectivity index (χ2n) is 5.08. The largest absolute Gasteiger partial charge is 0.341 e. The van der Waals surface area contributed by atoms with Crippen molar-refractivity contribution < 1.29 is 4.79 Å². The predicted molar refractivity (Wildman–Crippen MR) is 85.1 cm³/mol. The number of nitrogens with zero attached hydrogens (tertiary/aromatic N) is 2. The van der Waals surface area contributed by atoms with Crippen LogP contribution in [0.15, 0.2) is 24.5 Å². The van der Waals surface area contributed by atoms with Crippen molar-refractivity contribution in [2.45, 2.75) is 25.8 Å². The number of carbonyl (C=O) groups is 1. The topological polar surface area (TPSA) is 59.2 Å². The van der Waals surface area contributed by atoms with E-state index < -0.39 is 0 Å². The average Bonchev–Trinajstić information content (AvgIpc) is 2.87. The fourth-order valence-electron chi connectivity index (χ4n) is 2.77. The minimum absolute atomic E-state index is 0. The molecule has 0 aliphatic heterocycles. The molecule has 0 unspecified atom stereocenters.